The molecule has 3 atom stereocenters. The van der Waals surface area contributed by atoms with Gasteiger partial charge in [-0.1, -0.05) is 26.7 Å². The number of hydrogen-bond donors (Lipinski definition) is 1. The Kier molecular flexibility index (Phi) is 6.79. The van der Waals surface area contributed by atoms with Crippen LogP contribution in [0.25, 0.3) is 0 Å². The maximum Gasteiger partial charge on any atom is 0.0138 e. The summed E-state index contributed by atoms with van der Waals surface area (Å²) in [5, 5.41) is 0. The van der Waals surface area contributed by atoms with Crippen molar-refractivity contribution in [1.29, 1.82) is 0 Å². The molecule has 0 amide bonds. The zero-order chi connectivity index (χ0) is 14.4. The molecule has 2 N–H and O–H groups in total. The van der Waals surface area contributed by atoms with Crippen molar-refractivity contribution in [3.63, 3.8) is 0 Å². The molecule has 0 spiro atoms. The van der Waals surface area contributed by atoms with Crippen LogP contribution in [0.15, 0.2) is 0 Å². The minimum absolute atomic E-state index is 0.745. The minimum Gasteiger partial charge on any atom is -0.330 e. The Bertz CT molecular complexity index is 269. The lowest BCUT2D eigenvalue weighted by Gasteiger charge is -2.43. The Balaban J connectivity index is 1.99. The van der Waals surface area contributed by atoms with Crippen molar-refractivity contribution in [2.24, 2.45) is 11.7 Å². The Morgan fingerprint density at radius 2 is 1.80 bits per heavy atom. The van der Waals surface area contributed by atoms with Crippen LogP contribution in [0.1, 0.15) is 58.8 Å². The van der Waals surface area contributed by atoms with Crippen LogP contribution in [0.4, 0.5) is 0 Å². The summed E-state index contributed by atoms with van der Waals surface area (Å²) in [5.41, 5.74) is 6.06. The maximum absolute atomic E-state index is 6.06. The first kappa shape index (κ1) is 16.3. The highest BCUT2D eigenvalue weighted by molar-refractivity contribution is 4.88. The highest BCUT2D eigenvalue weighted by Crippen LogP contribution is 2.31. The number of hydrogen-bond acceptors (Lipinski definition) is 3. The van der Waals surface area contributed by atoms with Crippen molar-refractivity contribution in [2.45, 2.75) is 70.9 Å². The van der Waals surface area contributed by atoms with E-state index in [-0.39, 0.29) is 0 Å². The number of rotatable bonds is 5. The Hall–Kier alpha value is -0.120. The summed E-state index contributed by atoms with van der Waals surface area (Å²) < 4.78 is 0. The molecule has 0 radical (unpaired) electrons. The second-order valence-electron chi connectivity index (χ2n) is 6.70. The van der Waals surface area contributed by atoms with Crippen molar-refractivity contribution < 1.29 is 0 Å². The molecule has 0 aromatic carbocycles. The van der Waals surface area contributed by atoms with Gasteiger partial charge in [-0.15, -0.1) is 0 Å². The van der Waals surface area contributed by atoms with E-state index in [9.17, 15) is 0 Å². The molecule has 118 valence electrons. The van der Waals surface area contributed by atoms with Crippen molar-refractivity contribution >= 4 is 0 Å². The van der Waals surface area contributed by atoms with E-state index in [0.29, 0.717) is 0 Å². The average molecular weight is 281 g/mol. The number of nitrogens with zero attached hydrogens (tertiary/aromatic N) is 2. The molecule has 1 aliphatic carbocycles. The lowest BCUT2D eigenvalue weighted by Crippen LogP contribution is -2.50. The minimum atomic E-state index is 0.745. The van der Waals surface area contributed by atoms with Gasteiger partial charge in [-0.05, 0) is 70.7 Å². The fraction of sp³-hybridized carbons (Fsp3) is 1.00. The van der Waals surface area contributed by atoms with E-state index in [4.69, 9.17) is 5.73 Å². The zero-order valence-corrected chi connectivity index (χ0v) is 13.7. The molecule has 1 saturated heterocycles. The Morgan fingerprint density at radius 1 is 1.00 bits per heavy atom. The van der Waals surface area contributed by atoms with Gasteiger partial charge in [-0.3, -0.25) is 4.90 Å². The van der Waals surface area contributed by atoms with Crippen LogP contribution in [-0.2, 0) is 0 Å². The molecule has 0 bridgehead atoms. The van der Waals surface area contributed by atoms with Crippen LogP contribution in [-0.4, -0.2) is 54.6 Å². The van der Waals surface area contributed by atoms with Gasteiger partial charge < -0.3 is 10.6 Å². The van der Waals surface area contributed by atoms with Crippen LogP contribution in [0.2, 0.25) is 0 Å². The van der Waals surface area contributed by atoms with E-state index < -0.39 is 0 Å². The Labute approximate surface area is 125 Å². The molecular formula is C17H35N3. The fourth-order valence-corrected chi connectivity index (χ4v) is 4.45. The molecular weight excluding hydrogens is 246 g/mol. The first-order valence-corrected chi connectivity index (χ1v) is 8.98. The van der Waals surface area contributed by atoms with E-state index in [2.05, 4.69) is 23.6 Å². The monoisotopic (exact) mass is 281 g/mol. The molecule has 2 aliphatic rings. The quantitative estimate of drug-likeness (QED) is 0.841. The lowest BCUT2D eigenvalue weighted by molar-refractivity contribution is 0.0634. The van der Waals surface area contributed by atoms with Crippen molar-refractivity contribution in [3.05, 3.63) is 0 Å². The largest absolute Gasteiger partial charge is 0.330 e. The third kappa shape index (κ3) is 3.96. The van der Waals surface area contributed by atoms with Crippen LogP contribution in [0.5, 0.6) is 0 Å². The second kappa shape index (κ2) is 8.35. The molecule has 1 heterocycles. The normalized spacial score (nSPS) is 33.3. The standard InChI is InChI=1S/C17H35N3/c1-3-19-12-7-9-16(11-13-19)20(4-2)17-10-6-5-8-15(17)14-18/h15-17H,3-14,18H2,1-2H3. The van der Waals surface area contributed by atoms with Crippen molar-refractivity contribution in [3.8, 4) is 0 Å². The average Bonchev–Trinajstić information content (AvgIpc) is 2.74. The highest BCUT2D eigenvalue weighted by atomic mass is 15.2. The van der Waals surface area contributed by atoms with Gasteiger partial charge >= 0.3 is 0 Å². The van der Waals surface area contributed by atoms with Crippen molar-refractivity contribution in [1.82, 2.24) is 9.80 Å². The maximum atomic E-state index is 6.06. The molecule has 3 unspecified atom stereocenters. The van der Waals surface area contributed by atoms with Crippen molar-refractivity contribution in [2.75, 3.05) is 32.7 Å². The summed E-state index contributed by atoms with van der Waals surface area (Å²) in [6.07, 6.45) is 9.65. The predicted octanol–water partition coefficient (Wildman–Crippen LogP) is 2.70. The SMILES string of the molecule is CCN1CCCC(N(CC)C2CCCCC2CN)CC1. The first-order valence-electron chi connectivity index (χ1n) is 8.98. The van der Waals surface area contributed by atoms with Gasteiger partial charge in [0.05, 0.1) is 0 Å². The van der Waals surface area contributed by atoms with Gasteiger partial charge in [-0.25, -0.2) is 0 Å². The fourth-order valence-electron chi connectivity index (χ4n) is 4.45. The highest BCUT2D eigenvalue weighted by Gasteiger charge is 2.33. The van der Waals surface area contributed by atoms with E-state index in [0.717, 1.165) is 24.5 Å². The molecule has 0 aromatic heterocycles. The van der Waals surface area contributed by atoms with Gasteiger partial charge in [0.1, 0.15) is 0 Å². The van der Waals surface area contributed by atoms with Crippen LogP contribution in [0.3, 0.4) is 0 Å². The van der Waals surface area contributed by atoms with Gasteiger partial charge in [0, 0.05) is 12.1 Å². The lowest BCUT2D eigenvalue weighted by atomic mass is 9.82. The van der Waals surface area contributed by atoms with E-state index >= 15 is 0 Å². The summed E-state index contributed by atoms with van der Waals surface area (Å²) >= 11 is 0. The number of likely N-dealkylation sites (tertiary alicyclic amines) is 1. The first-order chi connectivity index (χ1) is 9.80. The van der Waals surface area contributed by atoms with Gasteiger partial charge in [0.25, 0.3) is 0 Å². The zero-order valence-electron chi connectivity index (χ0n) is 13.7. The molecule has 1 aliphatic heterocycles. The topological polar surface area (TPSA) is 32.5 Å². The molecule has 2 rings (SSSR count). The van der Waals surface area contributed by atoms with Gasteiger partial charge in [0.15, 0.2) is 0 Å². The van der Waals surface area contributed by atoms with Crippen LogP contribution in [0, 0.1) is 5.92 Å². The molecule has 0 aromatic rings. The molecule has 20 heavy (non-hydrogen) atoms. The molecule has 3 heteroatoms. The smallest absolute Gasteiger partial charge is 0.0138 e. The molecule has 1 saturated carbocycles. The summed E-state index contributed by atoms with van der Waals surface area (Å²) in [6.45, 7) is 10.5. The summed E-state index contributed by atoms with van der Waals surface area (Å²) in [5.74, 6) is 0.745. The Morgan fingerprint density at radius 3 is 2.50 bits per heavy atom. The van der Waals surface area contributed by atoms with E-state index in [1.54, 1.807) is 0 Å². The second-order valence-corrected chi connectivity index (χ2v) is 6.70. The third-order valence-electron chi connectivity index (χ3n) is 5.67. The molecule has 3 nitrogen and oxygen atoms in total. The summed E-state index contributed by atoms with van der Waals surface area (Å²) in [4.78, 5) is 5.45. The van der Waals surface area contributed by atoms with Gasteiger partial charge in [0.2, 0.25) is 0 Å². The summed E-state index contributed by atoms with van der Waals surface area (Å²) in [6, 6.07) is 1.56. The van der Waals surface area contributed by atoms with E-state index in [1.807, 2.05) is 0 Å². The van der Waals surface area contributed by atoms with Gasteiger partial charge in [-0.2, -0.15) is 0 Å². The van der Waals surface area contributed by atoms with Crippen LogP contribution < -0.4 is 5.73 Å². The number of nitrogens with two attached hydrogens (primary N) is 1. The van der Waals surface area contributed by atoms with Crippen LogP contribution >= 0.6 is 0 Å². The molecule has 2 fully saturated rings. The summed E-state index contributed by atoms with van der Waals surface area (Å²) in [7, 11) is 0. The third-order valence-corrected chi connectivity index (χ3v) is 5.67. The predicted molar refractivity (Wildman–Crippen MR) is 86.9 cm³/mol. The van der Waals surface area contributed by atoms with E-state index in [1.165, 1.54) is 71.1 Å².